The van der Waals surface area contributed by atoms with Crippen LogP contribution in [0.3, 0.4) is 0 Å². The van der Waals surface area contributed by atoms with Crippen LogP contribution in [0.25, 0.3) is 0 Å². The van der Waals surface area contributed by atoms with Gasteiger partial charge in [0.25, 0.3) is 5.91 Å². The van der Waals surface area contributed by atoms with E-state index in [0.717, 1.165) is 17.1 Å². The van der Waals surface area contributed by atoms with Gasteiger partial charge in [-0.3, -0.25) is 4.79 Å². The van der Waals surface area contributed by atoms with E-state index in [9.17, 15) is 4.79 Å². The van der Waals surface area contributed by atoms with Crippen molar-refractivity contribution in [1.29, 1.82) is 0 Å². The van der Waals surface area contributed by atoms with Crippen LogP contribution in [0, 0.1) is 6.92 Å². The van der Waals surface area contributed by atoms with Crippen molar-refractivity contribution in [2.45, 2.75) is 26.4 Å². The van der Waals surface area contributed by atoms with Crippen molar-refractivity contribution in [2.24, 2.45) is 0 Å². The van der Waals surface area contributed by atoms with Crippen LogP contribution in [0.5, 0.6) is 11.5 Å². The Hall–Kier alpha value is -2.53. The van der Waals surface area contributed by atoms with Gasteiger partial charge < -0.3 is 19.7 Å². The second kappa shape index (κ2) is 6.93. The number of nitrogens with one attached hydrogen (secondary N) is 2. The molecule has 2 atom stereocenters. The molecule has 2 aromatic rings. The van der Waals surface area contributed by atoms with Crippen molar-refractivity contribution in [3.05, 3.63) is 53.6 Å². The maximum Gasteiger partial charge on any atom is 0.282 e. The number of hydrogen-bond donors (Lipinski definition) is 2. The molecule has 1 aliphatic heterocycles. The Balaban J connectivity index is 1.63. The molecule has 0 fully saturated rings. The van der Waals surface area contributed by atoms with Gasteiger partial charge in [0.05, 0.1) is 7.05 Å². The summed E-state index contributed by atoms with van der Waals surface area (Å²) in [4.78, 5) is 13.7. The Morgan fingerprint density at radius 1 is 1.21 bits per heavy atom. The van der Waals surface area contributed by atoms with Gasteiger partial charge in [-0.2, -0.15) is 0 Å². The van der Waals surface area contributed by atoms with Gasteiger partial charge in [0.2, 0.25) is 6.79 Å². The minimum Gasteiger partial charge on any atom is -0.454 e. The summed E-state index contributed by atoms with van der Waals surface area (Å²) in [5.41, 5.74) is 3.23. The lowest BCUT2D eigenvalue weighted by Crippen LogP contribution is -3.12. The zero-order chi connectivity index (χ0) is 17.1. The molecule has 0 aromatic heterocycles. The smallest absolute Gasteiger partial charge is 0.282 e. The van der Waals surface area contributed by atoms with Crippen LogP contribution < -0.4 is 19.7 Å². The van der Waals surface area contributed by atoms with E-state index in [4.69, 9.17) is 9.47 Å². The summed E-state index contributed by atoms with van der Waals surface area (Å²) in [7, 11) is 2.04. The van der Waals surface area contributed by atoms with Crippen molar-refractivity contribution in [2.75, 3.05) is 19.2 Å². The third-order valence-corrected chi connectivity index (χ3v) is 4.50. The lowest BCUT2D eigenvalue weighted by Gasteiger charge is -2.22. The lowest BCUT2D eigenvalue weighted by atomic mass is 10.1. The van der Waals surface area contributed by atoms with Gasteiger partial charge in [0, 0.05) is 17.3 Å². The van der Waals surface area contributed by atoms with Crippen molar-refractivity contribution in [3.63, 3.8) is 0 Å². The van der Waals surface area contributed by atoms with Crippen LogP contribution >= 0.6 is 0 Å². The van der Waals surface area contributed by atoms with Crippen LogP contribution in [-0.4, -0.2) is 25.8 Å². The molecule has 126 valence electrons. The molecule has 0 saturated heterocycles. The van der Waals surface area contributed by atoms with Crippen LogP contribution in [0.15, 0.2) is 42.5 Å². The van der Waals surface area contributed by atoms with E-state index >= 15 is 0 Å². The largest absolute Gasteiger partial charge is 0.454 e. The number of benzene rings is 2. The molecule has 5 heteroatoms. The normalized spacial score (nSPS) is 15.0. The summed E-state index contributed by atoms with van der Waals surface area (Å²) in [6, 6.07) is 13.5. The second-order valence-corrected chi connectivity index (χ2v) is 6.23. The van der Waals surface area contributed by atoms with Gasteiger partial charge >= 0.3 is 0 Å². The lowest BCUT2D eigenvalue weighted by molar-refractivity contribution is -0.907. The molecule has 5 nitrogen and oxygen atoms in total. The molecule has 0 saturated carbocycles. The SMILES string of the molecule is Cc1ccccc1C[NH+](C)[C@H](C)C(=O)Nc1ccc2c(c1)OCO2. The topological polar surface area (TPSA) is 52.0 Å². The number of anilines is 1. The predicted molar refractivity (Wildman–Crippen MR) is 92.4 cm³/mol. The van der Waals surface area contributed by atoms with E-state index in [-0.39, 0.29) is 18.7 Å². The highest BCUT2D eigenvalue weighted by atomic mass is 16.7. The van der Waals surface area contributed by atoms with Gasteiger partial charge in [-0.1, -0.05) is 24.3 Å². The third kappa shape index (κ3) is 3.51. The molecule has 3 rings (SSSR count). The van der Waals surface area contributed by atoms with Gasteiger partial charge in [-0.15, -0.1) is 0 Å². The Morgan fingerprint density at radius 2 is 1.96 bits per heavy atom. The van der Waals surface area contributed by atoms with Crippen molar-refractivity contribution >= 4 is 11.6 Å². The number of carbonyl (C=O) groups excluding carboxylic acids is 1. The Bertz CT molecular complexity index is 745. The Morgan fingerprint density at radius 3 is 2.75 bits per heavy atom. The number of hydrogen-bond acceptors (Lipinski definition) is 3. The highest BCUT2D eigenvalue weighted by Crippen LogP contribution is 2.34. The third-order valence-electron chi connectivity index (χ3n) is 4.50. The zero-order valence-corrected chi connectivity index (χ0v) is 14.3. The molecule has 24 heavy (non-hydrogen) atoms. The molecule has 2 aromatic carbocycles. The maximum absolute atomic E-state index is 12.5. The minimum atomic E-state index is -0.171. The minimum absolute atomic E-state index is 0.0139. The first kappa shape index (κ1) is 16.3. The molecule has 0 radical (unpaired) electrons. The number of rotatable bonds is 5. The van der Waals surface area contributed by atoms with Crippen molar-refractivity contribution in [1.82, 2.24) is 0 Å². The van der Waals surface area contributed by atoms with Gasteiger partial charge in [-0.25, -0.2) is 0 Å². The molecule has 1 amide bonds. The predicted octanol–water partition coefficient (Wildman–Crippen LogP) is 1.77. The van der Waals surface area contributed by atoms with E-state index < -0.39 is 0 Å². The summed E-state index contributed by atoms with van der Waals surface area (Å²) in [5, 5.41) is 2.96. The fourth-order valence-electron chi connectivity index (χ4n) is 2.71. The molecule has 0 aliphatic carbocycles. The summed E-state index contributed by atoms with van der Waals surface area (Å²) in [6.45, 7) is 5.07. The molecular weight excluding hydrogens is 304 g/mol. The zero-order valence-electron chi connectivity index (χ0n) is 14.3. The fourth-order valence-corrected chi connectivity index (χ4v) is 2.71. The highest BCUT2D eigenvalue weighted by molar-refractivity contribution is 5.93. The van der Waals surface area contributed by atoms with Crippen LogP contribution in [0.2, 0.25) is 0 Å². The van der Waals surface area contributed by atoms with Gasteiger partial charge in [0.1, 0.15) is 6.54 Å². The van der Waals surface area contributed by atoms with Crippen LogP contribution in [-0.2, 0) is 11.3 Å². The summed E-state index contributed by atoms with van der Waals surface area (Å²) in [6.07, 6.45) is 0. The number of amides is 1. The molecule has 1 heterocycles. The molecule has 2 N–H and O–H groups in total. The Kier molecular flexibility index (Phi) is 4.71. The highest BCUT2D eigenvalue weighted by Gasteiger charge is 2.23. The van der Waals surface area contributed by atoms with Crippen LogP contribution in [0.1, 0.15) is 18.1 Å². The van der Waals surface area contributed by atoms with Gasteiger partial charge in [-0.05, 0) is 31.5 Å². The molecule has 1 aliphatic rings. The summed E-state index contributed by atoms with van der Waals surface area (Å²) in [5.74, 6) is 1.37. The van der Waals surface area contributed by atoms with E-state index in [1.54, 1.807) is 6.07 Å². The summed E-state index contributed by atoms with van der Waals surface area (Å²) >= 11 is 0. The average molecular weight is 327 g/mol. The fraction of sp³-hybridized carbons (Fsp3) is 0.316. The number of carbonyl (C=O) groups is 1. The van der Waals surface area contributed by atoms with Gasteiger partial charge in [0.15, 0.2) is 17.5 Å². The van der Waals surface area contributed by atoms with Crippen LogP contribution in [0.4, 0.5) is 5.69 Å². The second-order valence-electron chi connectivity index (χ2n) is 6.23. The number of likely N-dealkylation sites (N-methyl/N-ethyl adjacent to an activating group) is 1. The number of ether oxygens (including phenoxy) is 2. The molecule has 1 unspecified atom stereocenters. The first-order chi connectivity index (χ1) is 11.5. The quantitative estimate of drug-likeness (QED) is 0.880. The number of quaternary nitrogens is 1. The van der Waals surface area contributed by atoms with E-state index in [2.05, 4.69) is 24.4 Å². The number of fused-ring (bicyclic) bond motifs is 1. The van der Waals surface area contributed by atoms with E-state index in [1.165, 1.54) is 11.1 Å². The Labute approximate surface area is 142 Å². The number of aryl methyl sites for hydroxylation is 1. The first-order valence-corrected chi connectivity index (χ1v) is 8.12. The van der Waals surface area contributed by atoms with Crippen molar-refractivity contribution < 1.29 is 19.2 Å². The van der Waals surface area contributed by atoms with E-state index in [0.29, 0.717) is 11.5 Å². The average Bonchev–Trinajstić information content (AvgIpc) is 3.03. The standard InChI is InChI=1S/C19H22N2O3/c1-13-6-4-5-7-15(13)11-21(3)14(2)19(22)20-16-8-9-17-18(10-16)24-12-23-17/h4-10,14H,11-12H2,1-3H3,(H,20,22)/p+1/t14-/m1/s1. The maximum atomic E-state index is 12.5. The van der Waals surface area contributed by atoms with Crippen molar-refractivity contribution in [3.8, 4) is 11.5 Å². The molecular formula is C19H23N2O3+. The molecule has 0 spiro atoms. The monoisotopic (exact) mass is 327 g/mol. The van der Waals surface area contributed by atoms with E-state index in [1.807, 2.05) is 38.2 Å². The summed E-state index contributed by atoms with van der Waals surface area (Å²) < 4.78 is 10.6. The first-order valence-electron chi connectivity index (χ1n) is 8.12. The molecule has 0 bridgehead atoms.